The van der Waals surface area contributed by atoms with E-state index in [2.05, 4.69) is 37.0 Å². The minimum absolute atomic E-state index is 0.0848. The first kappa shape index (κ1) is 26.4. The van der Waals surface area contributed by atoms with Gasteiger partial charge in [-0.3, -0.25) is 9.20 Å². The summed E-state index contributed by atoms with van der Waals surface area (Å²) in [7, 11) is 1.29. The molecule has 0 radical (unpaired) electrons. The Bertz CT molecular complexity index is 1340. The SMILES string of the molecule is COC(=O)NCc1nc(-c2ccc(C)c(-c3cnc4cc(CCC(C)(C)O)ccn34)c2)no1.NC=O. The first-order valence-corrected chi connectivity index (χ1v) is 11.2. The van der Waals surface area contributed by atoms with Gasteiger partial charge in [-0.05, 0) is 62.9 Å². The molecule has 0 saturated carbocycles. The molecule has 190 valence electrons. The first-order chi connectivity index (χ1) is 17.1. The van der Waals surface area contributed by atoms with Gasteiger partial charge in [0.1, 0.15) is 12.2 Å². The predicted octanol–water partition coefficient (Wildman–Crippen LogP) is 3.02. The lowest BCUT2D eigenvalue weighted by Crippen LogP contribution is -2.22. The zero-order valence-electron chi connectivity index (χ0n) is 20.7. The number of aliphatic hydroxyl groups is 1. The van der Waals surface area contributed by atoms with Crippen molar-refractivity contribution in [3.8, 4) is 22.6 Å². The van der Waals surface area contributed by atoms with Gasteiger partial charge in [0.25, 0.3) is 0 Å². The van der Waals surface area contributed by atoms with Gasteiger partial charge in [-0.1, -0.05) is 17.3 Å². The van der Waals surface area contributed by atoms with Crippen LogP contribution in [0.2, 0.25) is 0 Å². The third kappa shape index (κ3) is 6.66. The Morgan fingerprint density at radius 1 is 1.31 bits per heavy atom. The second-order valence-corrected chi connectivity index (χ2v) is 8.74. The number of benzene rings is 1. The highest BCUT2D eigenvalue weighted by Gasteiger charge is 2.16. The quantitative estimate of drug-likeness (QED) is 0.331. The van der Waals surface area contributed by atoms with Gasteiger partial charge in [0.15, 0.2) is 0 Å². The Hall–Kier alpha value is -4.25. The number of hydrogen-bond donors (Lipinski definition) is 3. The van der Waals surface area contributed by atoms with Gasteiger partial charge < -0.3 is 25.4 Å². The summed E-state index contributed by atoms with van der Waals surface area (Å²) in [5.74, 6) is 0.714. The van der Waals surface area contributed by atoms with Gasteiger partial charge in [0, 0.05) is 17.3 Å². The molecular weight excluding hydrogens is 464 g/mol. The van der Waals surface area contributed by atoms with Crippen molar-refractivity contribution in [3.05, 3.63) is 59.7 Å². The van der Waals surface area contributed by atoms with Crippen LogP contribution in [0.25, 0.3) is 28.3 Å². The summed E-state index contributed by atoms with van der Waals surface area (Å²) in [6, 6.07) is 10.0. The molecule has 11 nitrogen and oxygen atoms in total. The molecule has 0 unspecified atom stereocenters. The number of aryl methyl sites for hydroxylation is 2. The molecule has 4 aromatic rings. The number of hydrogen-bond acceptors (Lipinski definition) is 8. The van der Waals surface area contributed by atoms with Gasteiger partial charge >= 0.3 is 6.09 Å². The number of rotatable bonds is 7. The molecule has 3 heterocycles. The number of carbonyl (C=O) groups excluding carboxylic acids is 2. The highest BCUT2D eigenvalue weighted by molar-refractivity contribution is 5.73. The molecule has 1 aromatic carbocycles. The summed E-state index contributed by atoms with van der Waals surface area (Å²) >= 11 is 0. The number of primary amides is 1. The van der Waals surface area contributed by atoms with Crippen LogP contribution in [0, 0.1) is 6.92 Å². The molecule has 0 aliphatic rings. The van der Waals surface area contributed by atoms with Crippen molar-refractivity contribution in [3.63, 3.8) is 0 Å². The summed E-state index contributed by atoms with van der Waals surface area (Å²) < 4.78 is 11.8. The van der Waals surface area contributed by atoms with Crippen molar-refractivity contribution in [2.24, 2.45) is 5.73 Å². The number of imidazole rings is 1. The number of methoxy groups -OCH3 is 1. The third-order valence-corrected chi connectivity index (χ3v) is 5.41. The fourth-order valence-corrected chi connectivity index (χ4v) is 3.53. The number of nitrogens with two attached hydrogens (primary N) is 1. The number of pyridine rings is 1. The second kappa shape index (κ2) is 11.5. The van der Waals surface area contributed by atoms with Crippen LogP contribution in [-0.4, -0.2) is 49.8 Å². The smallest absolute Gasteiger partial charge is 0.407 e. The predicted molar refractivity (Wildman–Crippen MR) is 133 cm³/mol. The maximum Gasteiger partial charge on any atom is 0.407 e. The highest BCUT2D eigenvalue weighted by atomic mass is 16.5. The summed E-state index contributed by atoms with van der Waals surface area (Å²) in [6.07, 6.45) is 5.00. The third-order valence-electron chi connectivity index (χ3n) is 5.41. The van der Waals surface area contributed by atoms with Crippen LogP contribution in [0.5, 0.6) is 0 Å². The maximum absolute atomic E-state index is 11.2. The van der Waals surface area contributed by atoms with Crippen LogP contribution in [0.1, 0.15) is 37.3 Å². The number of carbonyl (C=O) groups is 2. The Morgan fingerprint density at radius 2 is 2.06 bits per heavy atom. The van der Waals surface area contributed by atoms with E-state index in [9.17, 15) is 9.90 Å². The molecule has 0 fully saturated rings. The molecule has 0 spiro atoms. The largest absolute Gasteiger partial charge is 0.453 e. The average molecular weight is 495 g/mol. The molecule has 0 bridgehead atoms. The highest BCUT2D eigenvalue weighted by Crippen LogP contribution is 2.29. The van der Waals surface area contributed by atoms with Gasteiger partial charge in [-0.2, -0.15) is 4.98 Å². The molecule has 4 rings (SSSR count). The van der Waals surface area contributed by atoms with Crippen LogP contribution in [0.15, 0.2) is 47.2 Å². The van der Waals surface area contributed by atoms with Crippen LogP contribution in [0.3, 0.4) is 0 Å². The standard InChI is InChI=1S/C24H27N5O4.CH3NO/c1-15-5-6-17(22-27-21(33-28-22)14-26-23(30)32-4)12-18(15)19-13-25-20-11-16(8-10-29(19)20)7-9-24(2,3)31;2-1-3/h5-6,8,10-13,31H,7,9,14H2,1-4H3,(H,26,30);1H,(H2,2,3). The molecule has 2 amide bonds. The lowest BCUT2D eigenvalue weighted by atomic mass is 9.99. The van der Waals surface area contributed by atoms with E-state index in [1.165, 1.54) is 7.11 Å². The first-order valence-electron chi connectivity index (χ1n) is 11.2. The molecule has 36 heavy (non-hydrogen) atoms. The normalized spacial score (nSPS) is 11.0. The van der Waals surface area contributed by atoms with E-state index in [4.69, 9.17) is 9.32 Å². The fraction of sp³-hybridized carbons (Fsp3) is 0.320. The van der Waals surface area contributed by atoms with Crippen molar-refractivity contribution in [2.45, 2.75) is 45.8 Å². The van der Waals surface area contributed by atoms with E-state index in [-0.39, 0.29) is 18.8 Å². The van der Waals surface area contributed by atoms with Gasteiger partial charge in [0.2, 0.25) is 18.1 Å². The Balaban J connectivity index is 0.00000115. The van der Waals surface area contributed by atoms with Crippen LogP contribution < -0.4 is 11.1 Å². The molecular formula is C25H30N6O5. The molecule has 4 N–H and O–H groups in total. The monoisotopic (exact) mass is 494 g/mol. The van der Waals surface area contributed by atoms with Crippen molar-refractivity contribution in [2.75, 3.05) is 7.11 Å². The topological polar surface area (TPSA) is 158 Å². The van der Waals surface area contributed by atoms with E-state index >= 15 is 0 Å². The Labute approximate surface area is 208 Å². The molecule has 11 heteroatoms. The number of aromatic nitrogens is 4. The minimum atomic E-state index is -0.700. The van der Waals surface area contributed by atoms with Crippen molar-refractivity contribution in [1.29, 1.82) is 0 Å². The van der Waals surface area contributed by atoms with Crippen molar-refractivity contribution in [1.82, 2.24) is 24.8 Å². The number of nitrogens with one attached hydrogen (secondary N) is 1. The number of amides is 2. The Morgan fingerprint density at radius 3 is 2.75 bits per heavy atom. The van der Waals surface area contributed by atoms with E-state index in [1.54, 1.807) is 0 Å². The number of nitrogens with zero attached hydrogens (tertiary/aromatic N) is 4. The van der Waals surface area contributed by atoms with E-state index in [1.807, 2.05) is 61.8 Å². The maximum atomic E-state index is 11.2. The zero-order chi connectivity index (χ0) is 26.3. The molecule has 0 saturated heterocycles. The van der Waals surface area contributed by atoms with Crippen molar-refractivity contribution < 1.29 is 24.0 Å². The number of ether oxygens (including phenoxy) is 1. The molecule has 0 aliphatic carbocycles. The average Bonchev–Trinajstić information content (AvgIpc) is 3.48. The van der Waals surface area contributed by atoms with Gasteiger partial charge in [0.05, 0.1) is 24.6 Å². The summed E-state index contributed by atoms with van der Waals surface area (Å²) in [5.41, 5.74) is 9.28. The number of fused-ring (bicyclic) bond motifs is 1. The second-order valence-electron chi connectivity index (χ2n) is 8.74. The van der Waals surface area contributed by atoms with E-state index in [0.29, 0.717) is 12.2 Å². The van der Waals surface area contributed by atoms with Gasteiger partial charge in [-0.25, -0.2) is 9.78 Å². The molecule has 0 atom stereocenters. The summed E-state index contributed by atoms with van der Waals surface area (Å²) in [4.78, 5) is 28.8. The van der Waals surface area contributed by atoms with Crippen molar-refractivity contribution >= 4 is 18.2 Å². The molecule has 0 aliphatic heterocycles. The van der Waals surface area contributed by atoms with Gasteiger partial charge in [-0.15, -0.1) is 0 Å². The van der Waals surface area contributed by atoms with E-state index in [0.717, 1.165) is 40.0 Å². The fourth-order valence-electron chi connectivity index (χ4n) is 3.53. The van der Waals surface area contributed by atoms with E-state index < -0.39 is 11.7 Å². The summed E-state index contributed by atoms with van der Waals surface area (Å²) in [6.45, 7) is 5.76. The van der Waals surface area contributed by atoms with Crippen LogP contribution in [-0.2, 0) is 22.5 Å². The van der Waals surface area contributed by atoms with Crippen LogP contribution in [0.4, 0.5) is 4.79 Å². The lowest BCUT2D eigenvalue weighted by molar-refractivity contribution is -0.106. The lowest BCUT2D eigenvalue weighted by Gasteiger charge is -2.16. The summed E-state index contributed by atoms with van der Waals surface area (Å²) in [5, 5.41) is 16.6. The number of alkyl carbamates (subject to hydrolysis) is 1. The van der Waals surface area contributed by atoms with Crippen LogP contribution >= 0.6 is 0 Å². The Kier molecular flexibility index (Phi) is 8.38. The molecule has 3 aromatic heterocycles. The zero-order valence-corrected chi connectivity index (χ0v) is 20.7. The minimum Gasteiger partial charge on any atom is -0.453 e.